The maximum atomic E-state index is 9.01. The summed E-state index contributed by atoms with van der Waals surface area (Å²) in [5, 5.41) is 22.1. The van der Waals surface area contributed by atoms with Crippen molar-refractivity contribution in [2.24, 2.45) is 5.16 Å². The van der Waals surface area contributed by atoms with E-state index in [1.807, 2.05) is 31.3 Å². The summed E-state index contributed by atoms with van der Waals surface area (Å²) in [5.41, 5.74) is 6.92. The molecule has 9 heteroatoms. The van der Waals surface area contributed by atoms with Gasteiger partial charge in [0.25, 0.3) is 0 Å². The molecule has 1 heterocycles. The number of hydrogen-bond donors (Lipinski definition) is 3. The van der Waals surface area contributed by atoms with Crippen LogP contribution in [0.3, 0.4) is 0 Å². The number of amidine groups is 1. The second kappa shape index (κ2) is 7.99. The monoisotopic (exact) mass is 320 g/mol. The largest absolute Gasteiger partial charge is 0.497 e. The smallest absolute Gasteiger partial charge is 0.199 e. The van der Waals surface area contributed by atoms with Crippen LogP contribution in [0.4, 0.5) is 5.82 Å². The Labute approximate surface area is 133 Å². The van der Waals surface area contributed by atoms with Crippen molar-refractivity contribution >= 4 is 11.7 Å². The number of rotatable bonds is 7. The van der Waals surface area contributed by atoms with Gasteiger partial charge in [-0.15, -0.1) is 0 Å². The number of nitrogen functional groups attached to an aromatic ring is 1. The van der Waals surface area contributed by atoms with E-state index in [2.05, 4.69) is 30.3 Å². The quantitative estimate of drug-likeness (QED) is 0.292. The van der Waals surface area contributed by atoms with Crippen molar-refractivity contribution in [2.45, 2.75) is 6.54 Å². The van der Waals surface area contributed by atoms with Gasteiger partial charge in [-0.1, -0.05) is 17.3 Å². The zero-order valence-corrected chi connectivity index (χ0v) is 13.1. The number of nitrogens with one attached hydrogen (secondary N) is 1. The molecule has 124 valence electrons. The van der Waals surface area contributed by atoms with Gasteiger partial charge in [0.05, 0.1) is 7.11 Å². The zero-order chi connectivity index (χ0) is 16.7. The maximum absolute atomic E-state index is 9.01. The highest BCUT2D eigenvalue weighted by Gasteiger charge is 2.14. The van der Waals surface area contributed by atoms with Gasteiger partial charge < -0.3 is 25.9 Å². The van der Waals surface area contributed by atoms with Crippen LogP contribution in [-0.4, -0.2) is 53.5 Å². The van der Waals surface area contributed by atoms with Crippen molar-refractivity contribution in [1.29, 1.82) is 0 Å². The predicted molar refractivity (Wildman–Crippen MR) is 84.4 cm³/mol. The molecule has 4 N–H and O–H groups in total. The van der Waals surface area contributed by atoms with E-state index in [4.69, 9.17) is 15.7 Å². The van der Waals surface area contributed by atoms with Crippen LogP contribution in [0.2, 0.25) is 0 Å². The number of oxime groups is 1. The van der Waals surface area contributed by atoms with Crippen molar-refractivity contribution in [2.75, 3.05) is 33.0 Å². The number of ether oxygens (including phenoxy) is 1. The minimum absolute atomic E-state index is 0.0666. The minimum atomic E-state index is 0.0666. The summed E-state index contributed by atoms with van der Waals surface area (Å²) < 4.78 is 9.61. The Morgan fingerprint density at radius 3 is 2.70 bits per heavy atom. The van der Waals surface area contributed by atoms with Crippen molar-refractivity contribution in [1.82, 2.24) is 20.5 Å². The highest BCUT2D eigenvalue weighted by atomic mass is 16.6. The number of hydrogen-bond acceptors (Lipinski definition) is 8. The summed E-state index contributed by atoms with van der Waals surface area (Å²) in [5.74, 6) is 1.03. The predicted octanol–water partition coefficient (Wildman–Crippen LogP) is 0.518. The lowest BCUT2D eigenvalue weighted by Crippen LogP contribution is -2.33. The van der Waals surface area contributed by atoms with E-state index >= 15 is 0 Å². The van der Waals surface area contributed by atoms with Crippen LogP contribution in [0, 0.1) is 0 Å². The highest BCUT2D eigenvalue weighted by molar-refractivity contribution is 5.99. The zero-order valence-electron chi connectivity index (χ0n) is 13.1. The fraction of sp³-hybridized carbons (Fsp3) is 0.357. The molecule has 0 aliphatic rings. The number of likely N-dealkylation sites (N-methyl/N-ethyl adjacent to an activating group) is 1. The van der Waals surface area contributed by atoms with Crippen molar-refractivity contribution in [3.8, 4) is 5.75 Å². The molecule has 0 aliphatic carbocycles. The number of aromatic nitrogens is 2. The molecular weight excluding hydrogens is 300 g/mol. The van der Waals surface area contributed by atoms with Gasteiger partial charge in [-0.2, -0.15) is 0 Å². The van der Waals surface area contributed by atoms with E-state index in [1.54, 1.807) is 7.11 Å². The second-order valence-electron chi connectivity index (χ2n) is 4.96. The lowest BCUT2D eigenvalue weighted by Gasteiger charge is -2.17. The number of nitrogens with zero attached hydrogens (tertiary/aromatic N) is 4. The van der Waals surface area contributed by atoms with Crippen LogP contribution in [0.15, 0.2) is 34.1 Å². The van der Waals surface area contributed by atoms with Gasteiger partial charge in [-0.05, 0) is 35.1 Å². The molecule has 0 bridgehead atoms. The molecule has 0 aliphatic heterocycles. The molecule has 0 atom stereocenters. The van der Waals surface area contributed by atoms with Gasteiger partial charge >= 0.3 is 0 Å². The molecule has 2 aromatic rings. The normalized spacial score (nSPS) is 11.7. The molecule has 0 saturated carbocycles. The number of benzene rings is 1. The highest BCUT2D eigenvalue weighted by Crippen LogP contribution is 2.12. The van der Waals surface area contributed by atoms with E-state index in [-0.39, 0.29) is 17.3 Å². The van der Waals surface area contributed by atoms with Gasteiger partial charge in [0.1, 0.15) is 5.75 Å². The molecule has 1 aromatic heterocycles. The lowest BCUT2D eigenvalue weighted by atomic mass is 10.2. The van der Waals surface area contributed by atoms with E-state index < -0.39 is 0 Å². The van der Waals surface area contributed by atoms with Crippen molar-refractivity contribution < 1.29 is 14.6 Å². The van der Waals surface area contributed by atoms with Crippen molar-refractivity contribution in [3.63, 3.8) is 0 Å². The summed E-state index contributed by atoms with van der Waals surface area (Å²) >= 11 is 0. The fourth-order valence-corrected chi connectivity index (χ4v) is 2.01. The fourth-order valence-electron chi connectivity index (χ4n) is 2.01. The molecule has 0 unspecified atom stereocenters. The number of anilines is 1. The van der Waals surface area contributed by atoms with Crippen LogP contribution >= 0.6 is 0 Å². The Balaban J connectivity index is 1.79. The molecule has 9 nitrogen and oxygen atoms in total. The van der Waals surface area contributed by atoms with Crippen LogP contribution < -0.4 is 15.8 Å². The summed E-state index contributed by atoms with van der Waals surface area (Å²) in [6.07, 6.45) is 0. The average Bonchev–Trinajstić information content (AvgIpc) is 2.98. The average molecular weight is 320 g/mol. The second-order valence-corrected chi connectivity index (χ2v) is 4.96. The molecule has 23 heavy (non-hydrogen) atoms. The van der Waals surface area contributed by atoms with E-state index in [1.165, 1.54) is 5.56 Å². The first-order valence-corrected chi connectivity index (χ1v) is 7.00. The molecule has 0 spiro atoms. The van der Waals surface area contributed by atoms with Crippen molar-refractivity contribution in [3.05, 3.63) is 35.5 Å². The maximum Gasteiger partial charge on any atom is 0.199 e. The molecule has 0 fully saturated rings. The molecule has 0 amide bonds. The number of methoxy groups -OCH3 is 1. The van der Waals surface area contributed by atoms with Gasteiger partial charge in [0.2, 0.25) is 0 Å². The molecule has 0 radical (unpaired) electrons. The summed E-state index contributed by atoms with van der Waals surface area (Å²) in [4.78, 5) is 2.12. The molecule has 2 rings (SSSR count). The Hall–Kier alpha value is -2.81. The molecule has 0 saturated heterocycles. The third-order valence-corrected chi connectivity index (χ3v) is 3.24. The Bertz CT molecular complexity index is 640. The topological polar surface area (TPSA) is 122 Å². The van der Waals surface area contributed by atoms with Crippen LogP contribution in [0.1, 0.15) is 11.3 Å². The van der Waals surface area contributed by atoms with Gasteiger partial charge in [-0.25, -0.2) is 4.63 Å². The SMILES string of the molecule is COc1ccc(CN(C)CCN/C(=N\O)c2nonc2N)cc1. The minimum Gasteiger partial charge on any atom is -0.497 e. The van der Waals surface area contributed by atoms with E-state index in [0.717, 1.165) is 18.8 Å². The van der Waals surface area contributed by atoms with Crippen LogP contribution in [0.25, 0.3) is 0 Å². The first-order chi connectivity index (χ1) is 11.1. The van der Waals surface area contributed by atoms with Gasteiger partial charge in [0.15, 0.2) is 17.3 Å². The third kappa shape index (κ3) is 4.58. The van der Waals surface area contributed by atoms with E-state index in [0.29, 0.717) is 6.54 Å². The van der Waals surface area contributed by atoms with Gasteiger partial charge in [0, 0.05) is 19.6 Å². The summed E-state index contributed by atoms with van der Waals surface area (Å²) in [6, 6.07) is 7.90. The Morgan fingerprint density at radius 2 is 2.13 bits per heavy atom. The third-order valence-electron chi connectivity index (χ3n) is 3.24. The molecule has 1 aromatic carbocycles. The Kier molecular flexibility index (Phi) is 5.75. The lowest BCUT2D eigenvalue weighted by molar-refractivity contribution is 0.302. The van der Waals surface area contributed by atoms with Crippen LogP contribution in [-0.2, 0) is 6.54 Å². The first-order valence-electron chi connectivity index (χ1n) is 7.00. The Morgan fingerprint density at radius 1 is 1.39 bits per heavy atom. The summed E-state index contributed by atoms with van der Waals surface area (Å²) in [6.45, 7) is 2.04. The first kappa shape index (κ1) is 16.6. The van der Waals surface area contributed by atoms with Crippen LogP contribution in [0.5, 0.6) is 5.75 Å². The van der Waals surface area contributed by atoms with E-state index in [9.17, 15) is 0 Å². The van der Waals surface area contributed by atoms with Gasteiger partial charge in [-0.3, -0.25) is 0 Å². The standard InChI is InChI=1S/C14H20N6O3/c1-20(9-10-3-5-11(22-2)6-4-10)8-7-16-14(17-21)12-13(15)19-23-18-12/h3-6,21H,7-9H2,1-2H3,(H2,15,19)(H,16,17). The number of nitrogens with two attached hydrogens (primary N) is 1. The summed E-state index contributed by atoms with van der Waals surface area (Å²) in [7, 11) is 3.64. The molecular formula is C14H20N6O3.